The van der Waals surface area contributed by atoms with Crippen LogP contribution >= 0.6 is 0 Å². The number of nitrogens with one attached hydrogen (secondary N) is 1. The molecule has 0 spiro atoms. The molecule has 0 aliphatic rings. The van der Waals surface area contributed by atoms with Crippen molar-refractivity contribution < 1.29 is 4.74 Å². The molecule has 1 N–H and O–H groups in total. The minimum absolute atomic E-state index is 0.515. The maximum Gasteiger partial charge on any atom is 0.0951 e. The van der Waals surface area contributed by atoms with Crippen LogP contribution < -0.4 is 5.32 Å². The molecular weight excluding hydrogens is 226 g/mol. The molecule has 0 saturated heterocycles. The maximum atomic E-state index is 5.03. The van der Waals surface area contributed by atoms with Crippen molar-refractivity contribution in [2.75, 3.05) is 20.3 Å². The lowest BCUT2D eigenvalue weighted by molar-refractivity contribution is 0.198. The second-order valence-electron chi connectivity index (χ2n) is 4.78. The summed E-state index contributed by atoms with van der Waals surface area (Å²) in [6.07, 6.45) is 6.34. The first-order valence-electron chi connectivity index (χ1n) is 6.94. The quantitative estimate of drug-likeness (QED) is 0.688. The van der Waals surface area contributed by atoms with Crippen LogP contribution in [0.5, 0.6) is 0 Å². The summed E-state index contributed by atoms with van der Waals surface area (Å²) >= 11 is 0. The van der Waals surface area contributed by atoms with Crippen LogP contribution in [0.2, 0.25) is 0 Å². The van der Waals surface area contributed by atoms with E-state index in [9.17, 15) is 0 Å². The predicted molar refractivity (Wildman–Crippen MR) is 74.6 cm³/mol. The topological polar surface area (TPSA) is 39.1 Å². The molecule has 0 saturated carbocycles. The Morgan fingerprint density at radius 3 is 2.72 bits per heavy atom. The van der Waals surface area contributed by atoms with Crippen molar-refractivity contribution in [2.45, 2.75) is 46.2 Å². The Morgan fingerprint density at radius 2 is 2.11 bits per heavy atom. The van der Waals surface area contributed by atoms with Gasteiger partial charge in [0, 0.05) is 32.4 Å². The van der Waals surface area contributed by atoms with Crippen molar-refractivity contribution in [3.8, 4) is 0 Å². The molecule has 4 nitrogen and oxygen atoms in total. The first kappa shape index (κ1) is 15.2. The molecule has 18 heavy (non-hydrogen) atoms. The minimum Gasteiger partial charge on any atom is -0.383 e. The fourth-order valence-corrected chi connectivity index (χ4v) is 2.42. The highest BCUT2D eigenvalue weighted by molar-refractivity contribution is 5.00. The van der Waals surface area contributed by atoms with E-state index in [1.807, 2.05) is 12.5 Å². The predicted octanol–water partition coefficient (Wildman–Crippen LogP) is 2.62. The summed E-state index contributed by atoms with van der Waals surface area (Å²) in [4.78, 5) is 4.28. The molecule has 0 radical (unpaired) electrons. The van der Waals surface area contributed by atoms with E-state index < -0.39 is 0 Å². The van der Waals surface area contributed by atoms with E-state index >= 15 is 0 Å². The number of imidazole rings is 1. The normalized spacial score (nSPS) is 13.2. The van der Waals surface area contributed by atoms with Crippen LogP contribution in [-0.2, 0) is 11.3 Å². The SMILES string of the molecule is CCC(CC)C(C)n1cncc1CNCCOC. The zero-order valence-electron chi connectivity index (χ0n) is 12.1. The molecule has 1 aromatic heterocycles. The molecule has 4 heteroatoms. The molecule has 1 aromatic rings. The van der Waals surface area contributed by atoms with Gasteiger partial charge in [0.1, 0.15) is 0 Å². The lowest BCUT2D eigenvalue weighted by Crippen LogP contribution is -2.23. The molecule has 0 bridgehead atoms. The Bertz CT molecular complexity index is 321. The fourth-order valence-electron chi connectivity index (χ4n) is 2.42. The Labute approximate surface area is 111 Å². The van der Waals surface area contributed by atoms with Crippen molar-refractivity contribution in [1.29, 1.82) is 0 Å². The Balaban J connectivity index is 2.58. The lowest BCUT2D eigenvalue weighted by Gasteiger charge is -2.24. The Morgan fingerprint density at radius 1 is 1.39 bits per heavy atom. The maximum absolute atomic E-state index is 5.03. The highest BCUT2D eigenvalue weighted by Crippen LogP contribution is 2.25. The van der Waals surface area contributed by atoms with E-state index in [0.29, 0.717) is 6.04 Å². The van der Waals surface area contributed by atoms with E-state index in [1.165, 1.54) is 18.5 Å². The van der Waals surface area contributed by atoms with Crippen LogP contribution in [0.3, 0.4) is 0 Å². The molecule has 0 aliphatic heterocycles. The van der Waals surface area contributed by atoms with E-state index in [2.05, 4.69) is 35.6 Å². The second kappa shape index (κ2) is 8.27. The van der Waals surface area contributed by atoms with Gasteiger partial charge in [0.2, 0.25) is 0 Å². The smallest absolute Gasteiger partial charge is 0.0951 e. The van der Waals surface area contributed by atoms with Crippen LogP contribution in [-0.4, -0.2) is 29.8 Å². The summed E-state index contributed by atoms with van der Waals surface area (Å²) in [7, 11) is 1.72. The van der Waals surface area contributed by atoms with E-state index in [1.54, 1.807) is 7.11 Å². The van der Waals surface area contributed by atoms with Gasteiger partial charge in [-0.25, -0.2) is 4.98 Å². The first-order valence-corrected chi connectivity index (χ1v) is 6.94. The van der Waals surface area contributed by atoms with Crippen LogP contribution in [0.4, 0.5) is 0 Å². The number of hydrogen-bond acceptors (Lipinski definition) is 3. The van der Waals surface area contributed by atoms with Gasteiger partial charge in [-0.05, 0) is 12.8 Å². The number of methoxy groups -OCH3 is 1. The zero-order valence-corrected chi connectivity index (χ0v) is 12.1. The number of hydrogen-bond donors (Lipinski definition) is 1. The van der Waals surface area contributed by atoms with E-state index in [-0.39, 0.29) is 0 Å². The highest BCUT2D eigenvalue weighted by atomic mass is 16.5. The molecule has 104 valence electrons. The average molecular weight is 253 g/mol. The summed E-state index contributed by atoms with van der Waals surface area (Å²) in [5.74, 6) is 0.719. The molecule has 1 rings (SSSR count). The van der Waals surface area contributed by atoms with E-state index in [0.717, 1.165) is 25.6 Å². The van der Waals surface area contributed by atoms with Crippen LogP contribution in [0, 0.1) is 5.92 Å². The third-order valence-electron chi connectivity index (χ3n) is 3.71. The summed E-state index contributed by atoms with van der Waals surface area (Å²) < 4.78 is 7.33. The van der Waals surface area contributed by atoms with Gasteiger partial charge in [0.25, 0.3) is 0 Å². The van der Waals surface area contributed by atoms with Crippen molar-refractivity contribution in [3.63, 3.8) is 0 Å². The fraction of sp³-hybridized carbons (Fsp3) is 0.786. The monoisotopic (exact) mass is 253 g/mol. The molecule has 0 amide bonds. The van der Waals surface area contributed by atoms with E-state index in [4.69, 9.17) is 4.74 Å². The van der Waals surface area contributed by atoms with Gasteiger partial charge in [-0.1, -0.05) is 26.7 Å². The van der Waals surface area contributed by atoms with Gasteiger partial charge in [0.05, 0.1) is 18.6 Å². The highest BCUT2D eigenvalue weighted by Gasteiger charge is 2.17. The zero-order chi connectivity index (χ0) is 13.4. The average Bonchev–Trinajstić information content (AvgIpc) is 2.84. The number of nitrogens with zero attached hydrogens (tertiary/aromatic N) is 2. The largest absolute Gasteiger partial charge is 0.383 e. The number of aromatic nitrogens is 2. The summed E-state index contributed by atoms with van der Waals surface area (Å²) in [5, 5.41) is 3.37. The van der Waals surface area contributed by atoms with Crippen LogP contribution in [0.15, 0.2) is 12.5 Å². The first-order chi connectivity index (χ1) is 8.74. The third kappa shape index (κ3) is 4.10. The van der Waals surface area contributed by atoms with Gasteiger partial charge in [-0.2, -0.15) is 0 Å². The van der Waals surface area contributed by atoms with Crippen LogP contribution in [0.25, 0.3) is 0 Å². The number of rotatable bonds is 9. The number of ether oxygens (including phenoxy) is 1. The summed E-state index contributed by atoms with van der Waals surface area (Å²) in [6.45, 7) is 9.29. The standard InChI is InChI=1S/C14H27N3O/c1-5-13(6-2)12(3)17-11-16-10-14(17)9-15-7-8-18-4/h10-13,15H,5-9H2,1-4H3. The summed E-state index contributed by atoms with van der Waals surface area (Å²) in [5.41, 5.74) is 1.26. The van der Waals surface area contributed by atoms with Crippen molar-refractivity contribution >= 4 is 0 Å². The Hall–Kier alpha value is -0.870. The van der Waals surface area contributed by atoms with Gasteiger partial charge < -0.3 is 14.6 Å². The van der Waals surface area contributed by atoms with Gasteiger partial charge in [-0.3, -0.25) is 0 Å². The lowest BCUT2D eigenvalue weighted by atomic mass is 9.95. The van der Waals surface area contributed by atoms with Crippen molar-refractivity contribution in [2.24, 2.45) is 5.92 Å². The van der Waals surface area contributed by atoms with Gasteiger partial charge >= 0.3 is 0 Å². The van der Waals surface area contributed by atoms with Crippen LogP contribution in [0.1, 0.15) is 45.3 Å². The minimum atomic E-state index is 0.515. The van der Waals surface area contributed by atoms with Crippen molar-refractivity contribution in [3.05, 3.63) is 18.2 Å². The molecule has 0 fully saturated rings. The van der Waals surface area contributed by atoms with Crippen molar-refractivity contribution in [1.82, 2.24) is 14.9 Å². The Kier molecular flexibility index (Phi) is 6.98. The molecule has 1 heterocycles. The van der Waals surface area contributed by atoms with Gasteiger partial charge in [-0.15, -0.1) is 0 Å². The van der Waals surface area contributed by atoms with Gasteiger partial charge in [0.15, 0.2) is 0 Å². The molecular formula is C14H27N3O. The molecule has 0 aromatic carbocycles. The molecule has 0 aliphatic carbocycles. The molecule has 1 unspecified atom stereocenters. The second-order valence-corrected chi connectivity index (χ2v) is 4.78. The third-order valence-corrected chi connectivity index (χ3v) is 3.71. The molecule has 1 atom stereocenters. The summed E-state index contributed by atoms with van der Waals surface area (Å²) in [6, 6.07) is 0.515.